The lowest BCUT2D eigenvalue weighted by molar-refractivity contribution is 0.756. The number of hydrogen-bond acceptors (Lipinski definition) is 14. The van der Waals surface area contributed by atoms with E-state index in [1.807, 2.05) is 118 Å². The molecule has 0 spiro atoms. The lowest BCUT2D eigenvalue weighted by Gasteiger charge is -2.12. The van der Waals surface area contributed by atoms with E-state index in [9.17, 15) is 0 Å². The molecule has 0 amide bonds. The van der Waals surface area contributed by atoms with Crippen LogP contribution in [0.25, 0.3) is 31.8 Å². The highest BCUT2D eigenvalue weighted by atomic mass is 35.5. The van der Waals surface area contributed by atoms with Gasteiger partial charge in [-0.1, -0.05) is 29.8 Å². The lowest BCUT2D eigenvalue weighted by Crippen LogP contribution is -2.08. The third-order valence-corrected chi connectivity index (χ3v) is 11.4. The Hall–Kier alpha value is -4.61. The first-order valence-electron chi connectivity index (χ1n) is 14.7. The molecule has 8 rings (SSSR count). The van der Waals surface area contributed by atoms with E-state index in [2.05, 4.69) is 52.0 Å². The molecule has 49 heavy (non-hydrogen) atoms. The summed E-state index contributed by atoms with van der Waals surface area (Å²) in [6.45, 7) is 0. The SMILES string of the molecule is CN(C)c1ccc(-n2nnnc2Sc2nc3c(Cl)cccc3s2)cc1.CN(C)c1ccc(-n2nnnc2Sc2nc3ccccc3s2)cc1. The van der Waals surface area contributed by atoms with Crippen molar-refractivity contribution in [2.75, 3.05) is 38.0 Å². The van der Waals surface area contributed by atoms with Crippen LogP contribution in [-0.2, 0) is 0 Å². The summed E-state index contributed by atoms with van der Waals surface area (Å²) in [5.41, 5.74) is 5.89. The first kappa shape index (κ1) is 32.9. The number of rotatable bonds is 8. The molecule has 0 atom stereocenters. The summed E-state index contributed by atoms with van der Waals surface area (Å²) in [4.78, 5) is 13.3. The van der Waals surface area contributed by atoms with Crippen LogP contribution >= 0.6 is 57.8 Å². The van der Waals surface area contributed by atoms with Crippen LogP contribution in [0, 0.1) is 0 Å². The molecule has 0 saturated carbocycles. The van der Waals surface area contributed by atoms with Crippen molar-refractivity contribution in [1.82, 2.24) is 50.4 Å². The Morgan fingerprint density at radius 1 is 0.592 bits per heavy atom. The number of benzene rings is 4. The fourth-order valence-electron chi connectivity index (χ4n) is 4.58. The maximum atomic E-state index is 6.21. The van der Waals surface area contributed by atoms with Crippen molar-refractivity contribution in [3.63, 3.8) is 0 Å². The summed E-state index contributed by atoms with van der Waals surface area (Å²) in [6, 6.07) is 30.0. The Morgan fingerprint density at radius 2 is 1.10 bits per heavy atom. The van der Waals surface area contributed by atoms with Crippen LogP contribution < -0.4 is 9.80 Å². The fraction of sp³-hybridized carbons (Fsp3) is 0.125. The minimum absolute atomic E-state index is 0.652. The molecule has 246 valence electrons. The molecule has 0 bridgehead atoms. The highest BCUT2D eigenvalue weighted by molar-refractivity contribution is 8.01. The van der Waals surface area contributed by atoms with E-state index < -0.39 is 0 Å². The molecule has 0 saturated heterocycles. The average molecular weight is 743 g/mol. The van der Waals surface area contributed by atoms with Crippen LogP contribution in [0.1, 0.15) is 0 Å². The second-order valence-corrected chi connectivity index (χ2v) is 15.7. The standard InChI is InChI=1S/C16H13ClN6S2.C16H14N6S2/c1-22(2)10-6-8-11(9-7-10)23-15(19-20-21-23)25-16-18-14-12(17)4-3-5-13(14)24-16;1-21(2)11-7-9-12(10-8-11)22-15(18-19-20-22)24-16-17-13-5-3-4-6-14(13)23-16/h3-9H,1-2H3;3-10H,1-2H3. The van der Waals surface area contributed by atoms with Gasteiger partial charge >= 0.3 is 0 Å². The number of para-hydroxylation sites is 2. The Balaban J connectivity index is 0.000000154. The van der Waals surface area contributed by atoms with Gasteiger partial charge in [-0.05, 0) is 117 Å². The summed E-state index contributed by atoms with van der Waals surface area (Å²) in [5.74, 6) is 0. The summed E-state index contributed by atoms with van der Waals surface area (Å²) in [7, 11) is 8.04. The summed E-state index contributed by atoms with van der Waals surface area (Å²) < 4.78 is 7.42. The molecule has 4 heterocycles. The van der Waals surface area contributed by atoms with Crippen molar-refractivity contribution in [3.8, 4) is 11.4 Å². The third-order valence-electron chi connectivity index (χ3n) is 7.08. The quantitative estimate of drug-likeness (QED) is 0.152. The first-order chi connectivity index (χ1) is 23.8. The molecule has 0 N–H and O–H groups in total. The summed E-state index contributed by atoms with van der Waals surface area (Å²) >= 11 is 12.3. The zero-order valence-corrected chi connectivity index (χ0v) is 30.6. The number of halogens is 1. The molecule has 17 heteroatoms. The number of thiazole rings is 2. The van der Waals surface area contributed by atoms with Gasteiger partial charge in [-0.25, -0.2) is 9.97 Å². The van der Waals surface area contributed by atoms with E-state index in [1.165, 1.54) is 23.5 Å². The second kappa shape index (κ2) is 14.5. The molecule has 4 aromatic heterocycles. The summed E-state index contributed by atoms with van der Waals surface area (Å²) in [5, 5.41) is 26.1. The maximum absolute atomic E-state index is 6.21. The van der Waals surface area contributed by atoms with E-state index in [0.717, 1.165) is 51.9 Å². The monoisotopic (exact) mass is 742 g/mol. The molecule has 12 nitrogen and oxygen atoms in total. The molecule has 8 aromatic rings. The molecular formula is C32H27ClN12S4. The van der Waals surface area contributed by atoms with E-state index in [4.69, 9.17) is 11.6 Å². The Bertz CT molecular complexity index is 2300. The van der Waals surface area contributed by atoms with Crippen molar-refractivity contribution < 1.29 is 0 Å². The van der Waals surface area contributed by atoms with Crippen LogP contribution in [0.5, 0.6) is 0 Å². The van der Waals surface area contributed by atoms with Crippen LogP contribution in [0.3, 0.4) is 0 Å². The smallest absolute Gasteiger partial charge is 0.221 e. The molecular weight excluding hydrogens is 716 g/mol. The summed E-state index contributed by atoms with van der Waals surface area (Å²) in [6.07, 6.45) is 0. The van der Waals surface area contributed by atoms with Crippen LogP contribution in [0.15, 0.2) is 110 Å². The van der Waals surface area contributed by atoms with Gasteiger partial charge in [0.25, 0.3) is 0 Å². The van der Waals surface area contributed by atoms with E-state index in [0.29, 0.717) is 15.3 Å². The Morgan fingerprint density at radius 3 is 1.63 bits per heavy atom. The van der Waals surface area contributed by atoms with Gasteiger partial charge in [0.2, 0.25) is 10.3 Å². The average Bonchev–Trinajstić information content (AvgIpc) is 3.92. The van der Waals surface area contributed by atoms with Crippen LogP contribution in [-0.4, -0.2) is 78.6 Å². The number of hydrogen-bond donors (Lipinski definition) is 0. The molecule has 4 aromatic carbocycles. The van der Waals surface area contributed by atoms with Crippen molar-refractivity contribution in [3.05, 3.63) is 96.0 Å². The van der Waals surface area contributed by atoms with Gasteiger partial charge < -0.3 is 9.80 Å². The van der Waals surface area contributed by atoms with Crippen LogP contribution in [0.2, 0.25) is 5.02 Å². The molecule has 0 unspecified atom stereocenters. The van der Waals surface area contributed by atoms with Gasteiger partial charge in [-0.2, -0.15) is 9.36 Å². The van der Waals surface area contributed by atoms with Crippen molar-refractivity contribution >= 4 is 89.6 Å². The number of anilines is 2. The van der Waals surface area contributed by atoms with E-state index in [1.54, 1.807) is 32.0 Å². The van der Waals surface area contributed by atoms with Gasteiger partial charge in [-0.3, -0.25) is 0 Å². The zero-order valence-electron chi connectivity index (χ0n) is 26.5. The topological polar surface area (TPSA) is 119 Å². The number of nitrogens with zero attached hydrogens (tertiary/aromatic N) is 12. The minimum atomic E-state index is 0.652. The molecule has 0 aliphatic rings. The maximum Gasteiger partial charge on any atom is 0.221 e. The fourth-order valence-corrected chi connectivity index (χ4v) is 8.80. The molecule has 0 radical (unpaired) electrons. The molecule has 0 aliphatic heterocycles. The Labute approximate surface area is 302 Å². The van der Waals surface area contributed by atoms with Crippen molar-refractivity contribution in [1.29, 1.82) is 0 Å². The predicted molar refractivity (Wildman–Crippen MR) is 199 cm³/mol. The zero-order chi connectivity index (χ0) is 33.9. The van der Waals surface area contributed by atoms with Gasteiger partial charge in [0.05, 0.1) is 31.3 Å². The van der Waals surface area contributed by atoms with E-state index >= 15 is 0 Å². The van der Waals surface area contributed by atoms with Gasteiger partial charge in [0.15, 0.2) is 8.68 Å². The second-order valence-electron chi connectivity index (χ2n) is 10.8. The largest absolute Gasteiger partial charge is 0.378 e. The first-order valence-corrected chi connectivity index (χ1v) is 18.4. The van der Waals surface area contributed by atoms with Crippen LogP contribution in [0.4, 0.5) is 11.4 Å². The number of aromatic nitrogens is 10. The number of tetrazole rings is 2. The third kappa shape index (κ3) is 7.38. The Kier molecular flexibility index (Phi) is 9.72. The van der Waals surface area contributed by atoms with Gasteiger partial charge in [0, 0.05) is 39.6 Å². The predicted octanol–water partition coefficient (Wildman–Crippen LogP) is 7.63. The van der Waals surface area contributed by atoms with Crippen molar-refractivity contribution in [2.24, 2.45) is 0 Å². The van der Waals surface area contributed by atoms with E-state index in [-0.39, 0.29) is 0 Å². The minimum Gasteiger partial charge on any atom is -0.378 e. The molecule has 0 aliphatic carbocycles. The molecule has 0 fully saturated rings. The lowest BCUT2D eigenvalue weighted by atomic mass is 10.3. The highest BCUT2D eigenvalue weighted by Gasteiger charge is 2.16. The van der Waals surface area contributed by atoms with Gasteiger partial charge in [0.1, 0.15) is 5.52 Å². The number of fused-ring (bicyclic) bond motifs is 2. The normalized spacial score (nSPS) is 11.1. The van der Waals surface area contributed by atoms with Crippen molar-refractivity contribution in [2.45, 2.75) is 19.0 Å². The van der Waals surface area contributed by atoms with Gasteiger partial charge in [-0.15, -0.1) is 32.9 Å². The highest BCUT2D eigenvalue weighted by Crippen LogP contribution is 2.37.